The molecule has 0 saturated heterocycles. The zero-order chi connectivity index (χ0) is 20.1. The summed E-state index contributed by atoms with van der Waals surface area (Å²) in [6.07, 6.45) is 1.62. The van der Waals surface area contributed by atoms with E-state index < -0.39 is 0 Å². The fraction of sp³-hybridized carbons (Fsp3) is 0.227. The van der Waals surface area contributed by atoms with E-state index in [0.29, 0.717) is 18.2 Å². The molecule has 28 heavy (non-hydrogen) atoms. The smallest absolute Gasteiger partial charge is 0.274 e. The lowest BCUT2D eigenvalue weighted by molar-refractivity contribution is 0.102. The summed E-state index contributed by atoms with van der Waals surface area (Å²) < 4.78 is 0. The van der Waals surface area contributed by atoms with Gasteiger partial charge in [0.25, 0.3) is 5.91 Å². The Morgan fingerprint density at radius 2 is 1.79 bits per heavy atom. The number of aryl methyl sites for hydroxylation is 1. The Bertz CT molecular complexity index is 953. The van der Waals surface area contributed by atoms with Gasteiger partial charge in [-0.15, -0.1) is 0 Å². The summed E-state index contributed by atoms with van der Waals surface area (Å²) in [6.45, 7) is 4.77. The lowest BCUT2D eigenvalue weighted by Gasteiger charge is -2.21. The second-order valence-corrected chi connectivity index (χ2v) is 6.72. The van der Waals surface area contributed by atoms with E-state index in [0.717, 1.165) is 22.6 Å². The third kappa shape index (κ3) is 4.46. The maximum atomic E-state index is 12.7. The number of anilines is 4. The van der Waals surface area contributed by atoms with Gasteiger partial charge in [0.1, 0.15) is 5.69 Å². The molecule has 0 radical (unpaired) electrons. The maximum Gasteiger partial charge on any atom is 0.274 e. The van der Waals surface area contributed by atoms with Crippen molar-refractivity contribution in [1.29, 1.82) is 0 Å². The predicted octanol–water partition coefficient (Wildman–Crippen LogP) is 4.26. The third-order valence-electron chi connectivity index (χ3n) is 4.39. The molecule has 144 valence electrons. The van der Waals surface area contributed by atoms with Gasteiger partial charge in [0.05, 0.1) is 0 Å². The molecule has 0 atom stereocenters. The molecule has 0 aliphatic heterocycles. The van der Waals surface area contributed by atoms with Gasteiger partial charge in [0.15, 0.2) is 0 Å². The van der Waals surface area contributed by atoms with Gasteiger partial charge in [-0.1, -0.05) is 12.1 Å². The van der Waals surface area contributed by atoms with Crippen molar-refractivity contribution in [2.75, 3.05) is 35.8 Å². The summed E-state index contributed by atoms with van der Waals surface area (Å²) in [4.78, 5) is 25.5. The van der Waals surface area contributed by atoms with Gasteiger partial charge in [0, 0.05) is 43.9 Å². The van der Waals surface area contributed by atoms with Crippen molar-refractivity contribution in [3.63, 3.8) is 0 Å². The minimum absolute atomic E-state index is 0.262. The molecule has 1 N–H and O–H groups in total. The van der Waals surface area contributed by atoms with Gasteiger partial charge < -0.3 is 15.1 Å². The second-order valence-electron chi connectivity index (χ2n) is 6.72. The van der Waals surface area contributed by atoms with Gasteiger partial charge in [-0.2, -0.15) is 0 Å². The minimum Gasteiger partial charge on any atom is -0.378 e. The Balaban J connectivity index is 1.80. The van der Waals surface area contributed by atoms with Gasteiger partial charge >= 0.3 is 0 Å². The van der Waals surface area contributed by atoms with Crippen LogP contribution in [0.2, 0.25) is 0 Å². The van der Waals surface area contributed by atoms with Crippen LogP contribution in [0.1, 0.15) is 23.0 Å². The van der Waals surface area contributed by atoms with E-state index in [1.165, 1.54) is 0 Å². The number of nitrogens with one attached hydrogen (secondary N) is 1. The third-order valence-corrected chi connectivity index (χ3v) is 4.39. The molecule has 3 aromatic rings. The molecule has 0 fully saturated rings. The van der Waals surface area contributed by atoms with E-state index in [-0.39, 0.29) is 5.91 Å². The van der Waals surface area contributed by atoms with Gasteiger partial charge in [-0.05, 0) is 61.9 Å². The largest absolute Gasteiger partial charge is 0.378 e. The van der Waals surface area contributed by atoms with Crippen molar-refractivity contribution >= 4 is 28.9 Å². The van der Waals surface area contributed by atoms with Crippen LogP contribution >= 0.6 is 0 Å². The first kappa shape index (κ1) is 19.4. The van der Waals surface area contributed by atoms with E-state index in [9.17, 15) is 4.79 Å². The zero-order valence-electron chi connectivity index (χ0n) is 16.7. The van der Waals surface area contributed by atoms with Gasteiger partial charge in [-0.25, -0.2) is 9.97 Å². The summed E-state index contributed by atoms with van der Waals surface area (Å²) in [5.41, 5.74) is 4.28. The lowest BCUT2D eigenvalue weighted by atomic mass is 10.2. The topological polar surface area (TPSA) is 61.4 Å². The molecule has 6 nitrogen and oxygen atoms in total. The average molecular weight is 375 g/mol. The molecule has 1 heterocycles. The number of benzene rings is 2. The highest BCUT2D eigenvalue weighted by Crippen LogP contribution is 2.23. The fourth-order valence-electron chi connectivity index (χ4n) is 2.88. The monoisotopic (exact) mass is 375 g/mol. The van der Waals surface area contributed by atoms with Crippen LogP contribution in [0.5, 0.6) is 0 Å². The first-order valence-corrected chi connectivity index (χ1v) is 9.24. The SMILES string of the molecule is CCN(c1cccc(C)c1)c1nccc(C(=O)Nc2ccc(N(C)C)cc2)n1. The summed E-state index contributed by atoms with van der Waals surface area (Å²) in [6, 6.07) is 17.4. The molecule has 0 unspecified atom stereocenters. The number of amides is 1. The molecule has 0 saturated carbocycles. The summed E-state index contributed by atoms with van der Waals surface area (Å²) >= 11 is 0. The first-order valence-electron chi connectivity index (χ1n) is 9.24. The molecule has 0 bridgehead atoms. The van der Waals surface area contributed by atoms with Crippen LogP contribution in [0.15, 0.2) is 60.8 Å². The van der Waals surface area contributed by atoms with Crippen LogP contribution in [-0.2, 0) is 0 Å². The second kappa shape index (κ2) is 8.52. The van der Waals surface area contributed by atoms with Crippen molar-refractivity contribution in [3.8, 4) is 0 Å². The highest BCUT2D eigenvalue weighted by molar-refractivity contribution is 6.03. The van der Waals surface area contributed by atoms with Crippen LogP contribution in [0.3, 0.4) is 0 Å². The summed E-state index contributed by atoms with van der Waals surface area (Å²) in [5.74, 6) is 0.241. The highest BCUT2D eigenvalue weighted by Gasteiger charge is 2.14. The molecular formula is C22H25N5O. The van der Waals surface area contributed by atoms with Crippen molar-refractivity contribution in [1.82, 2.24) is 9.97 Å². The Morgan fingerprint density at radius 3 is 2.43 bits per heavy atom. The molecular weight excluding hydrogens is 350 g/mol. The molecule has 2 aromatic carbocycles. The molecule has 3 rings (SSSR count). The maximum absolute atomic E-state index is 12.7. The van der Waals surface area contributed by atoms with Gasteiger partial charge in [-0.3, -0.25) is 4.79 Å². The first-order chi connectivity index (χ1) is 13.5. The van der Waals surface area contributed by atoms with E-state index >= 15 is 0 Å². The summed E-state index contributed by atoms with van der Waals surface area (Å²) in [5, 5.41) is 2.89. The average Bonchev–Trinajstić information content (AvgIpc) is 2.69. The molecule has 0 spiro atoms. The van der Waals surface area contributed by atoms with Crippen LogP contribution < -0.4 is 15.1 Å². The quantitative estimate of drug-likeness (QED) is 0.697. The molecule has 1 aromatic heterocycles. The molecule has 0 aliphatic carbocycles. The molecule has 0 aliphatic rings. The normalized spacial score (nSPS) is 10.4. The number of aromatic nitrogens is 2. The Labute approximate surface area is 165 Å². The van der Waals surface area contributed by atoms with Crippen LogP contribution in [-0.4, -0.2) is 36.5 Å². The van der Waals surface area contributed by atoms with Crippen LogP contribution in [0.4, 0.5) is 23.0 Å². The van der Waals surface area contributed by atoms with Crippen molar-refractivity contribution in [3.05, 3.63) is 72.1 Å². The molecule has 1 amide bonds. The van der Waals surface area contributed by atoms with E-state index in [1.54, 1.807) is 12.3 Å². The van der Waals surface area contributed by atoms with Crippen molar-refractivity contribution in [2.24, 2.45) is 0 Å². The number of nitrogens with zero attached hydrogens (tertiary/aromatic N) is 4. The number of carbonyl (C=O) groups is 1. The van der Waals surface area contributed by atoms with Crippen molar-refractivity contribution in [2.45, 2.75) is 13.8 Å². The van der Waals surface area contributed by atoms with Crippen molar-refractivity contribution < 1.29 is 4.79 Å². The minimum atomic E-state index is -0.262. The number of hydrogen-bond donors (Lipinski definition) is 1. The Kier molecular flexibility index (Phi) is 5.89. The fourth-order valence-corrected chi connectivity index (χ4v) is 2.88. The highest BCUT2D eigenvalue weighted by atomic mass is 16.1. The van der Waals surface area contributed by atoms with Gasteiger partial charge in [0.2, 0.25) is 5.95 Å². The number of carbonyl (C=O) groups excluding carboxylic acids is 1. The number of rotatable bonds is 6. The Morgan fingerprint density at radius 1 is 1.04 bits per heavy atom. The van der Waals surface area contributed by atoms with E-state index in [4.69, 9.17) is 0 Å². The van der Waals surface area contributed by atoms with E-state index in [2.05, 4.69) is 21.4 Å². The predicted molar refractivity (Wildman–Crippen MR) is 115 cm³/mol. The lowest BCUT2D eigenvalue weighted by Crippen LogP contribution is -2.21. The van der Waals surface area contributed by atoms with Crippen LogP contribution in [0, 0.1) is 6.92 Å². The summed E-state index contributed by atoms with van der Waals surface area (Å²) in [7, 11) is 3.95. The van der Waals surface area contributed by atoms with E-state index in [1.807, 2.05) is 80.2 Å². The zero-order valence-corrected chi connectivity index (χ0v) is 16.7. The van der Waals surface area contributed by atoms with Crippen LogP contribution in [0.25, 0.3) is 0 Å². The standard InChI is InChI=1S/C22H25N5O/c1-5-27(19-8-6-7-16(2)15-19)22-23-14-13-20(25-22)21(28)24-17-9-11-18(12-10-17)26(3)4/h6-15H,5H2,1-4H3,(H,24,28). The number of hydrogen-bond acceptors (Lipinski definition) is 5. The Hall–Kier alpha value is -3.41. The molecule has 6 heteroatoms.